The largest absolute Gasteiger partial charge is 0.546 e. The van der Waals surface area contributed by atoms with E-state index in [1.807, 2.05) is 0 Å². The maximum Gasteiger partial charge on any atom is 0.264 e. The van der Waals surface area contributed by atoms with E-state index >= 15 is 0 Å². The van der Waals surface area contributed by atoms with Gasteiger partial charge in [0.15, 0.2) is 16.7 Å². The highest BCUT2D eigenvalue weighted by molar-refractivity contribution is 8.18. The molecule has 156 valence electrons. The number of carboxylic acids is 1. The fraction of sp³-hybridized carbons (Fsp3) is 0.150. The van der Waals surface area contributed by atoms with E-state index < -0.39 is 12.6 Å². The normalized spacial score (nSPS) is 16.0. The lowest BCUT2D eigenvalue weighted by Gasteiger charge is -2.14. The van der Waals surface area contributed by atoms with Crippen LogP contribution in [0.5, 0.6) is 11.5 Å². The molecule has 0 aliphatic carbocycles. The minimum absolute atomic E-state index is 0.0957. The monoisotopic (exact) mass is 465 g/mol. The van der Waals surface area contributed by atoms with Crippen LogP contribution in [-0.2, 0) is 9.59 Å². The number of carbonyl (C=O) groups is 2. The van der Waals surface area contributed by atoms with Crippen LogP contribution < -0.4 is 19.9 Å². The Morgan fingerprint density at radius 3 is 2.63 bits per heavy atom. The number of aliphatic carboxylic acids is 1. The SMILES string of the molecule is CCOc1cc(/C=C2\SC(=Nc3ccc(Cl)cc3)NC2=O)cc(Cl)c1OCC(=O)[O-]. The number of nitrogens with one attached hydrogen (secondary N) is 1. The van der Waals surface area contributed by atoms with Crippen molar-refractivity contribution in [1.82, 2.24) is 5.32 Å². The molecule has 1 heterocycles. The Bertz CT molecular complexity index is 1040. The number of aliphatic imine (C=N–C) groups is 1. The van der Waals surface area contributed by atoms with Gasteiger partial charge in [-0.2, -0.15) is 0 Å². The van der Waals surface area contributed by atoms with Gasteiger partial charge in [0.05, 0.1) is 28.2 Å². The highest BCUT2D eigenvalue weighted by Gasteiger charge is 2.24. The van der Waals surface area contributed by atoms with Gasteiger partial charge in [-0.25, -0.2) is 4.99 Å². The zero-order valence-electron chi connectivity index (χ0n) is 15.6. The van der Waals surface area contributed by atoms with Crippen LogP contribution in [0, 0.1) is 0 Å². The molecule has 1 amide bonds. The molecule has 3 rings (SSSR count). The predicted octanol–water partition coefficient (Wildman–Crippen LogP) is 3.41. The molecule has 1 fully saturated rings. The topological polar surface area (TPSA) is 100 Å². The van der Waals surface area contributed by atoms with E-state index in [-0.39, 0.29) is 22.4 Å². The minimum Gasteiger partial charge on any atom is -0.546 e. The molecule has 2 aromatic carbocycles. The van der Waals surface area contributed by atoms with Gasteiger partial charge in [-0.1, -0.05) is 23.2 Å². The minimum atomic E-state index is -1.38. The number of amidine groups is 1. The second kappa shape index (κ2) is 9.88. The van der Waals surface area contributed by atoms with Crippen LogP contribution in [0.3, 0.4) is 0 Å². The number of thioether (sulfide) groups is 1. The molecule has 0 spiro atoms. The van der Waals surface area contributed by atoms with Crippen molar-refractivity contribution in [2.45, 2.75) is 6.92 Å². The first-order chi connectivity index (χ1) is 14.4. The smallest absolute Gasteiger partial charge is 0.264 e. The number of nitrogens with zero attached hydrogens (tertiary/aromatic N) is 1. The predicted molar refractivity (Wildman–Crippen MR) is 115 cm³/mol. The first-order valence-corrected chi connectivity index (χ1v) is 10.3. The molecule has 0 aromatic heterocycles. The van der Waals surface area contributed by atoms with Crippen molar-refractivity contribution < 1.29 is 24.2 Å². The third-order valence-corrected chi connectivity index (χ3v) is 5.11. The van der Waals surface area contributed by atoms with Gasteiger partial charge in [-0.15, -0.1) is 0 Å². The van der Waals surface area contributed by atoms with E-state index in [1.54, 1.807) is 49.4 Å². The average Bonchev–Trinajstić information content (AvgIpc) is 3.02. The molecule has 0 unspecified atom stereocenters. The first-order valence-electron chi connectivity index (χ1n) is 8.70. The Hall–Kier alpha value is -2.68. The molecule has 10 heteroatoms. The van der Waals surface area contributed by atoms with Crippen molar-refractivity contribution in [1.29, 1.82) is 0 Å². The summed E-state index contributed by atoms with van der Waals surface area (Å²) < 4.78 is 10.7. The molecule has 1 N–H and O–H groups in total. The molecule has 0 atom stereocenters. The van der Waals surface area contributed by atoms with E-state index in [0.717, 1.165) is 0 Å². The molecule has 2 aromatic rings. The van der Waals surface area contributed by atoms with Crippen molar-refractivity contribution in [2.24, 2.45) is 4.99 Å². The van der Waals surface area contributed by atoms with Crippen molar-refractivity contribution >= 4 is 63.8 Å². The number of benzene rings is 2. The summed E-state index contributed by atoms with van der Waals surface area (Å²) >= 11 is 13.3. The lowest BCUT2D eigenvalue weighted by Crippen LogP contribution is -2.29. The number of carbonyl (C=O) groups excluding carboxylic acids is 2. The number of rotatable bonds is 7. The number of ether oxygens (including phenoxy) is 2. The Morgan fingerprint density at radius 2 is 1.97 bits per heavy atom. The fourth-order valence-electron chi connectivity index (χ4n) is 2.47. The summed E-state index contributed by atoms with van der Waals surface area (Å²) in [4.78, 5) is 27.8. The number of halogens is 2. The molecular weight excluding hydrogens is 451 g/mol. The van der Waals surface area contributed by atoms with Crippen molar-refractivity contribution in [2.75, 3.05) is 13.2 Å². The summed E-state index contributed by atoms with van der Waals surface area (Å²) in [5, 5.41) is 14.5. The van der Waals surface area contributed by atoms with Crippen LogP contribution in [0.15, 0.2) is 46.3 Å². The Morgan fingerprint density at radius 1 is 1.23 bits per heavy atom. The van der Waals surface area contributed by atoms with Gasteiger partial charge in [0.25, 0.3) is 5.91 Å². The van der Waals surface area contributed by atoms with Crippen molar-refractivity contribution in [3.8, 4) is 11.5 Å². The molecule has 1 saturated heterocycles. The standard InChI is InChI=1S/C20H16Cl2N2O5S/c1-2-28-15-8-11(7-14(22)18(15)29-10-17(25)26)9-16-19(27)24-20(30-16)23-13-5-3-12(21)4-6-13/h3-9H,2,10H2,1H3,(H,25,26)(H,23,24,27)/p-1/b16-9-. The number of hydrogen-bond donors (Lipinski definition) is 1. The number of carboxylic acid groups (broad SMARTS) is 1. The Kier molecular flexibility index (Phi) is 7.25. The lowest BCUT2D eigenvalue weighted by atomic mass is 10.2. The summed E-state index contributed by atoms with van der Waals surface area (Å²) in [7, 11) is 0. The third kappa shape index (κ3) is 5.69. The maximum absolute atomic E-state index is 12.3. The zero-order chi connectivity index (χ0) is 21.7. The Labute approximate surface area is 186 Å². The molecule has 1 aliphatic rings. The highest BCUT2D eigenvalue weighted by Crippen LogP contribution is 2.38. The molecule has 30 heavy (non-hydrogen) atoms. The van der Waals surface area contributed by atoms with E-state index in [4.69, 9.17) is 32.7 Å². The lowest BCUT2D eigenvalue weighted by molar-refractivity contribution is -0.307. The molecule has 7 nitrogen and oxygen atoms in total. The second-order valence-corrected chi connectivity index (χ2v) is 7.76. The zero-order valence-corrected chi connectivity index (χ0v) is 17.9. The molecule has 0 radical (unpaired) electrons. The summed E-state index contributed by atoms with van der Waals surface area (Å²) in [5.74, 6) is -1.33. The summed E-state index contributed by atoms with van der Waals surface area (Å²) in [6.45, 7) is 1.41. The van der Waals surface area contributed by atoms with E-state index in [2.05, 4.69) is 10.3 Å². The van der Waals surface area contributed by atoms with Crippen molar-refractivity contribution in [3.63, 3.8) is 0 Å². The fourth-order valence-corrected chi connectivity index (χ4v) is 3.71. The average molecular weight is 466 g/mol. The first kappa shape index (κ1) is 22.0. The van der Waals surface area contributed by atoms with Gasteiger partial charge in [-0.05, 0) is 66.7 Å². The quantitative estimate of drug-likeness (QED) is 0.628. The van der Waals surface area contributed by atoms with E-state index in [9.17, 15) is 14.7 Å². The van der Waals surface area contributed by atoms with Crippen LogP contribution in [-0.4, -0.2) is 30.3 Å². The van der Waals surface area contributed by atoms with Crippen LogP contribution in [0.25, 0.3) is 6.08 Å². The van der Waals surface area contributed by atoms with Gasteiger partial charge < -0.3 is 24.7 Å². The van der Waals surface area contributed by atoms with Crippen LogP contribution >= 0.6 is 35.0 Å². The van der Waals surface area contributed by atoms with Gasteiger partial charge in [0.1, 0.15) is 6.61 Å². The van der Waals surface area contributed by atoms with Crippen LogP contribution in [0.4, 0.5) is 5.69 Å². The summed E-state index contributed by atoms with van der Waals surface area (Å²) in [5.41, 5.74) is 1.23. The van der Waals surface area contributed by atoms with E-state index in [0.29, 0.717) is 33.0 Å². The summed E-state index contributed by atoms with van der Waals surface area (Å²) in [6.07, 6.45) is 1.63. The van der Waals surface area contributed by atoms with Gasteiger partial charge >= 0.3 is 0 Å². The molecule has 1 aliphatic heterocycles. The molecule has 0 saturated carbocycles. The second-order valence-electron chi connectivity index (χ2n) is 5.88. The van der Waals surface area contributed by atoms with E-state index in [1.165, 1.54) is 11.8 Å². The van der Waals surface area contributed by atoms with Gasteiger partial charge in [-0.3, -0.25) is 4.79 Å². The van der Waals surface area contributed by atoms with Gasteiger partial charge in [0, 0.05) is 5.02 Å². The third-order valence-electron chi connectivity index (χ3n) is 3.67. The maximum atomic E-state index is 12.3. The summed E-state index contributed by atoms with van der Waals surface area (Å²) in [6, 6.07) is 10.0. The molecular formula is C20H15Cl2N2O5S-. The highest BCUT2D eigenvalue weighted by atomic mass is 35.5. The number of amides is 1. The Balaban J connectivity index is 1.85. The van der Waals surface area contributed by atoms with Crippen molar-refractivity contribution in [3.05, 3.63) is 56.9 Å². The van der Waals surface area contributed by atoms with Crippen LogP contribution in [0.2, 0.25) is 10.0 Å². The van der Waals surface area contributed by atoms with Gasteiger partial charge in [0.2, 0.25) is 0 Å². The molecule has 0 bridgehead atoms. The number of hydrogen-bond acceptors (Lipinski definition) is 7. The van der Waals surface area contributed by atoms with Crippen LogP contribution in [0.1, 0.15) is 12.5 Å².